The highest BCUT2D eigenvalue weighted by Gasteiger charge is 2.53. The van der Waals surface area contributed by atoms with Crippen LogP contribution in [0.15, 0.2) is 0 Å². The smallest absolute Gasteiger partial charge is 0.0287 e. The maximum absolute atomic E-state index is 2.50. The van der Waals surface area contributed by atoms with Gasteiger partial charge in [0.1, 0.15) is 0 Å². The lowest BCUT2D eigenvalue weighted by Crippen LogP contribution is -2.15. The summed E-state index contributed by atoms with van der Waals surface area (Å²) in [5, 5.41) is 0. The first-order valence-electron chi connectivity index (χ1n) is 6.32. The van der Waals surface area contributed by atoms with Crippen molar-refractivity contribution in [3.05, 3.63) is 0 Å². The fourth-order valence-corrected chi connectivity index (χ4v) is 3.45. The quantitative estimate of drug-likeness (QED) is 0.601. The first kappa shape index (κ1) is 12.1. The van der Waals surface area contributed by atoms with Crippen molar-refractivity contribution in [3.8, 4) is 0 Å². The largest absolute Gasteiger partial charge is 0.0651 e. The summed E-state index contributed by atoms with van der Waals surface area (Å²) in [6.45, 7) is 14.3. The minimum Gasteiger partial charge on any atom is -0.0651 e. The van der Waals surface area contributed by atoms with E-state index in [1.165, 1.54) is 25.7 Å². The molecule has 1 aliphatic carbocycles. The highest BCUT2D eigenvalue weighted by atomic mass is 14.6. The minimum absolute atomic E-state index is 0.509. The molecule has 0 heteroatoms. The Kier molecular flexibility index (Phi) is 3.33. The fourth-order valence-electron chi connectivity index (χ4n) is 3.45. The van der Waals surface area contributed by atoms with Crippen LogP contribution in [-0.4, -0.2) is 0 Å². The highest BCUT2D eigenvalue weighted by Crippen LogP contribution is 2.62. The summed E-state index contributed by atoms with van der Waals surface area (Å²) < 4.78 is 0. The molecule has 0 spiro atoms. The van der Waals surface area contributed by atoms with Crippen molar-refractivity contribution in [3.63, 3.8) is 0 Å². The predicted molar refractivity (Wildman–Crippen MR) is 64.4 cm³/mol. The van der Waals surface area contributed by atoms with Crippen LogP contribution in [0.25, 0.3) is 0 Å². The van der Waals surface area contributed by atoms with Crippen LogP contribution in [0, 0.1) is 22.7 Å². The van der Waals surface area contributed by atoms with Crippen molar-refractivity contribution in [2.24, 2.45) is 22.7 Å². The molecule has 0 radical (unpaired) electrons. The van der Waals surface area contributed by atoms with Crippen LogP contribution < -0.4 is 0 Å². The summed E-state index contributed by atoms with van der Waals surface area (Å²) in [6, 6.07) is 0. The molecule has 0 aromatic heterocycles. The van der Waals surface area contributed by atoms with E-state index in [0.717, 1.165) is 11.8 Å². The van der Waals surface area contributed by atoms with Gasteiger partial charge in [0.15, 0.2) is 0 Å². The van der Waals surface area contributed by atoms with E-state index < -0.39 is 0 Å². The molecule has 0 nitrogen and oxygen atoms in total. The third kappa shape index (κ3) is 2.74. The molecule has 84 valence electrons. The Labute approximate surface area is 90.5 Å². The van der Waals surface area contributed by atoms with Crippen molar-refractivity contribution in [2.75, 3.05) is 0 Å². The molecule has 0 aliphatic heterocycles. The summed E-state index contributed by atoms with van der Waals surface area (Å²) in [5.41, 5.74) is 1.18. The van der Waals surface area contributed by atoms with E-state index in [-0.39, 0.29) is 0 Å². The van der Waals surface area contributed by atoms with Crippen molar-refractivity contribution >= 4 is 0 Å². The maximum Gasteiger partial charge on any atom is -0.0287 e. The molecule has 0 amide bonds. The molecule has 14 heavy (non-hydrogen) atoms. The molecule has 0 aromatic carbocycles. The zero-order chi connectivity index (χ0) is 11.0. The van der Waals surface area contributed by atoms with Gasteiger partial charge in [-0.2, -0.15) is 0 Å². The molecule has 0 N–H and O–H groups in total. The lowest BCUT2D eigenvalue weighted by Gasteiger charge is -2.25. The first-order chi connectivity index (χ1) is 6.32. The Hall–Kier alpha value is 0. The third-order valence-electron chi connectivity index (χ3n) is 3.97. The third-order valence-corrected chi connectivity index (χ3v) is 3.97. The van der Waals surface area contributed by atoms with E-state index in [1.807, 2.05) is 0 Å². The van der Waals surface area contributed by atoms with E-state index in [9.17, 15) is 0 Å². The lowest BCUT2D eigenvalue weighted by molar-refractivity contribution is 0.249. The molecular formula is C14H28. The average molecular weight is 196 g/mol. The monoisotopic (exact) mass is 196 g/mol. The van der Waals surface area contributed by atoms with Gasteiger partial charge in [0.2, 0.25) is 0 Å². The van der Waals surface area contributed by atoms with Crippen LogP contribution in [-0.2, 0) is 0 Å². The topological polar surface area (TPSA) is 0 Å². The molecule has 0 aromatic rings. The van der Waals surface area contributed by atoms with Crippen molar-refractivity contribution in [1.29, 1.82) is 0 Å². The summed E-state index contributed by atoms with van der Waals surface area (Å²) in [5.74, 6) is 2.01. The normalized spacial score (nSPS) is 32.4. The van der Waals surface area contributed by atoms with Crippen molar-refractivity contribution < 1.29 is 0 Å². The van der Waals surface area contributed by atoms with Gasteiger partial charge < -0.3 is 0 Å². The van der Waals surface area contributed by atoms with E-state index in [2.05, 4.69) is 41.5 Å². The zero-order valence-corrected chi connectivity index (χ0v) is 11.0. The maximum atomic E-state index is 2.50. The van der Waals surface area contributed by atoms with E-state index >= 15 is 0 Å². The van der Waals surface area contributed by atoms with Crippen LogP contribution in [0.4, 0.5) is 0 Å². The number of hydrogen-bond donors (Lipinski definition) is 0. The number of hydrogen-bond acceptors (Lipinski definition) is 0. The van der Waals surface area contributed by atoms with Gasteiger partial charge in [0.05, 0.1) is 0 Å². The minimum atomic E-state index is 0.509. The second-order valence-electron chi connectivity index (χ2n) is 6.78. The molecule has 0 bridgehead atoms. The zero-order valence-electron chi connectivity index (χ0n) is 11.0. The Morgan fingerprint density at radius 2 is 1.71 bits per heavy atom. The molecule has 1 rings (SSSR count). The Morgan fingerprint density at radius 3 is 2.07 bits per heavy atom. The van der Waals surface area contributed by atoms with Crippen LogP contribution in [0.2, 0.25) is 0 Å². The standard InChI is InChI=1S/C14H28/c1-7-11(8-2)12-9-14(12,6)10-13(3,4)5/h11-12H,7-10H2,1-6H3. The average Bonchev–Trinajstić information content (AvgIpc) is 2.60. The van der Waals surface area contributed by atoms with Gasteiger partial charge in [-0.05, 0) is 35.5 Å². The molecular weight excluding hydrogens is 168 g/mol. The molecule has 1 saturated carbocycles. The lowest BCUT2D eigenvalue weighted by atomic mass is 9.80. The van der Waals surface area contributed by atoms with Crippen LogP contribution in [0.3, 0.4) is 0 Å². The van der Waals surface area contributed by atoms with E-state index in [4.69, 9.17) is 0 Å². The summed E-state index contributed by atoms with van der Waals surface area (Å²) >= 11 is 0. The molecule has 0 heterocycles. The summed E-state index contributed by atoms with van der Waals surface area (Å²) in [6.07, 6.45) is 5.64. The summed E-state index contributed by atoms with van der Waals surface area (Å²) in [4.78, 5) is 0. The van der Waals surface area contributed by atoms with Crippen LogP contribution >= 0.6 is 0 Å². The van der Waals surface area contributed by atoms with Gasteiger partial charge in [-0.1, -0.05) is 54.4 Å². The van der Waals surface area contributed by atoms with Crippen molar-refractivity contribution in [1.82, 2.24) is 0 Å². The van der Waals surface area contributed by atoms with Crippen molar-refractivity contribution in [2.45, 2.75) is 67.2 Å². The Morgan fingerprint density at radius 1 is 1.21 bits per heavy atom. The SMILES string of the molecule is CCC(CC)C1CC1(C)CC(C)(C)C. The molecule has 1 aliphatic rings. The second-order valence-corrected chi connectivity index (χ2v) is 6.78. The fraction of sp³-hybridized carbons (Fsp3) is 1.00. The van der Waals surface area contributed by atoms with E-state index in [1.54, 1.807) is 0 Å². The van der Waals surface area contributed by atoms with Gasteiger partial charge in [-0.15, -0.1) is 0 Å². The van der Waals surface area contributed by atoms with Gasteiger partial charge >= 0.3 is 0 Å². The number of rotatable bonds is 4. The van der Waals surface area contributed by atoms with Crippen LogP contribution in [0.5, 0.6) is 0 Å². The van der Waals surface area contributed by atoms with Crippen LogP contribution in [0.1, 0.15) is 67.2 Å². The first-order valence-corrected chi connectivity index (χ1v) is 6.32. The summed E-state index contributed by atoms with van der Waals surface area (Å²) in [7, 11) is 0. The van der Waals surface area contributed by atoms with Gasteiger partial charge in [0, 0.05) is 0 Å². The molecule has 0 saturated heterocycles. The van der Waals surface area contributed by atoms with Gasteiger partial charge in [-0.3, -0.25) is 0 Å². The highest BCUT2D eigenvalue weighted by molar-refractivity contribution is 5.03. The van der Waals surface area contributed by atoms with Gasteiger partial charge in [-0.25, -0.2) is 0 Å². The molecule has 1 fully saturated rings. The second kappa shape index (κ2) is 3.87. The molecule has 2 atom stereocenters. The van der Waals surface area contributed by atoms with E-state index in [0.29, 0.717) is 10.8 Å². The van der Waals surface area contributed by atoms with Gasteiger partial charge in [0.25, 0.3) is 0 Å². The Balaban J connectivity index is 2.49. The molecule has 2 unspecified atom stereocenters. The predicted octanol–water partition coefficient (Wildman–Crippen LogP) is 4.89. The Bertz CT molecular complexity index is 183.